The summed E-state index contributed by atoms with van der Waals surface area (Å²) in [5.41, 5.74) is 6.69. The molecule has 0 atom stereocenters. The quantitative estimate of drug-likeness (QED) is 0.769. The highest BCUT2D eigenvalue weighted by Gasteiger charge is 2.31. The normalized spacial score (nSPS) is 16.8. The van der Waals surface area contributed by atoms with E-state index >= 15 is 0 Å². The number of rotatable bonds is 1. The predicted octanol–water partition coefficient (Wildman–Crippen LogP) is 3.09. The van der Waals surface area contributed by atoms with Crippen LogP contribution in [0, 0.1) is 0 Å². The molecule has 5 heteroatoms. The molecule has 2 nitrogen and oxygen atoms in total. The smallest absolute Gasteiger partial charge is 0.398 e. The summed E-state index contributed by atoms with van der Waals surface area (Å²) in [5.74, 6) is 0. The molecule has 1 aromatic carbocycles. The molecule has 0 unspecified atom stereocenters. The summed E-state index contributed by atoms with van der Waals surface area (Å²) in [4.78, 5) is 0. The lowest BCUT2D eigenvalue weighted by atomic mass is 9.97. The molecule has 1 heterocycles. The number of halogens is 3. The van der Waals surface area contributed by atoms with E-state index in [2.05, 4.69) is 0 Å². The van der Waals surface area contributed by atoms with Gasteiger partial charge in [-0.05, 0) is 30.2 Å². The maximum absolute atomic E-state index is 12.6. The van der Waals surface area contributed by atoms with Crippen LogP contribution in [-0.4, -0.2) is 13.2 Å². The van der Waals surface area contributed by atoms with Crippen LogP contribution in [0.25, 0.3) is 5.57 Å². The second-order valence-electron chi connectivity index (χ2n) is 3.85. The molecule has 2 rings (SSSR count). The van der Waals surface area contributed by atoms with E-state index in [-0.39, 0.29) is 0 Å². The summed E-state index contributed by atoms with van der Waals surface area (Å²) in [7, 11) is 0. The molecule has 92 valence electrons. The first-order chi connectivity index (χ1) is 7.98. The molecule has 0 saturated carbocycles. The number of nitrogen functional groups attached to an aromatic ring is 1. The van der Waals surface area contributed by atoms with Crippen molar-refractivity contribution in [3.05, 3.63) is 35.4 Å². The largest absolute Gasteiger partial charge is 0.416 e. The Balaban J connectivity index is 2.42. The first kappa shape index (κ1) is 12.0. The van der Waals surface area contributed by atoms with Gasteiger partial charge in [0.1, 0.15) is 0 Å². The molecular formula is C12H12F3NO. The van der Waals surface area contributed by atoms with Gasteiger partial charge in [-0.15, -0.1) is 0 Å². The van der Waals surface area contributed by atoms with Gasteiger partial charge >= 0.3 is 6.18 Å². The molecule has 0 saturated heterocycles. The van der Waals surface area contributed by atoms with Crippen molar-refractivity contribution in [2.75, 3.05) is 18.9 Å². The van der Waals surface area contributed by atoms with E-state index < -0.39 is 11.7 Å². The highest BCUT2D eigenvalue weighted by atomic mass is 19.4. The van der Waals surface area contributed by atoms with Crippen LogP contribution >= 0.6 is 0 Å². The number of alkyl halides is 3. The minimum absolute atomic E-state index is 0.367. The van der Waals surface area contributed by atoms with E-state index in [1.165, 1.54) is 6.07 Å². The van der Waals surface area contributed by atoms with Gasteiger partial charge in [-0.25, -0.2) is 0 Å². The molecule has 0 aliphatic carbocycles. The molecule has 0 bridgehead atoms. The topological polar surface area (TPSA) is 35.2 Å². The summed E-state index contributed by atoms with van der Waals surface area (Å²) in [6, 6.07) is 3.40. The fourth-order valence-corrected chi connectivity index (χ4v) is 1.78. The number of nitrogens with two attached hydrogens (primary N) is 1. The second-order valence-corrected chi connectivity index (χ2v) is 3.85. The summed E-state index contributed by atoms with van der Waals surface area (Å²) in [6.07, 6.45) is -1.98. The average Bonchev–Trinajstić information content (AvgIpc) is 2.29. The SMILES string of the molecule is Nc1ccc(C(F)(F)F)cc1C1=CCOCC1. The van der Waals surface area contributed by atoms with E-state index in [1.807, 2.05) is 0 Å². The minimum Gasteiger partial charge on any atom is -0.398 e. The van der Waals surface area contributed by atoms with Gasteiger partial charge in [-0.1, -0.05) is 6.08 Å². The Bertz CT molecular complexity index is 452. The number of hydrogen-bond acceptors (Lipinski definition) is 2. The van der Waals surface area contributed by atoms with Crippen LogP contribution in [0.3, 0.4) is 0 Å². The maximum Gasteiger partial charge on any atom is 0.416 e. The first-order valence-electron chi connectivity index (χ1n) is 5.22. The van der Waals surface area contributed by atoms with Gasteiger partial charge in [0.25, 0.3) is 0 Å². The molecule has 1 aliphatic rings. The molecule has 1 aromatic rings. The molecule has 0 fully saturated rings. The summed E-state index contributed by atoms with van der Waals surface area (Å²) in [6.45, 7) is 0.937. The van der Waals surface area contributed by atoms with Crippen molar-refractivity contribution in [3.8, 4) is 0 Å². The van der Waals surface area contributed by atoms with E-state index in [4.69, 9.17) is 10.5 Å². The molecule has 17 heavy (non-hydrogen) atoms. The monoisotopic (exact) mass is 243 g/mol. The van der Waals surface area contributed by atoms with E-state index in [0.29, 0.717) is 30.9 Å². The third-order valence-corrected chi connectivity index (χ3v) is 2.69. The van der Waals surface area contributed by atoms with E-state index in [9.17, 15) is 13.2 Å². The molecular weight excluding hydrogens is 231 g/mol. The van der Waals surface area contributed by atoms with Crippen LogP contribution in [0.1, 0.15) is 17.5 Å². The lowest BCUT2D eigenvalue weighted by Gasteiger charge is -2.17. The van der Waals surface area contributed by atoms with Crippen LogP contribution < -0.4 is 5.73 Å². The molecule has 0 aromatic heterocycles. The van der Waals surface area contributed by atoms with Gasteiger partial charge in [0, 0.05) is 11.3 Å². The Kier molecular flexibility index (Phi) is 3.11. The standard InChI is InChI=1S/C12H12F3NO/c13-12(14,15)9-1-2-11(16)10(7-9)8-3-5-17-6-4-8/h1-3,7H,4-6,16H2. The van der Waals surface area contributed by atoms with Gasteiger partial charge in [0.2, 0.25) is 0 Å². The average molecular weight is 243 g/mol. The van der Waals surface area contributed by atoms with E-state index in [0.717, 1.165) is 17.7 Å². The Morgan fingerprint density at radius 3 is 2.59 bits per heavy atom. The van der Waals surface area contributed by atoms with Gasteiger partial charge in [0.15, 0.2) is 0 Å². The fourth-order valence-electron chi connectivity index (χ4n) is 1.78. The maximum atomic E-state index is 12.6. The second kappa shape index (κ2) is 4.41. The van der Waals surface area contributed by atoms with Crippen molar-refractivity contribution in [2.24, 2.45) is 0 Å². The minimum atomic E-state index is -4.34. The number of anilines is 1. The predicted molar refractivity (Wildman–Crippen MR) is 59.3 cm³/mol. The lowest BCUT2D eigenvalue weighted by molar-refractivity contribution is -0.137. The van der Waals surface area contributed by atoms with Crippen molar-refractivity contribution >= 4 is 11.3 Å². The Morgan fingerprint density at radius 1 is 1.24 bits per heavy atom. The Labute approximate surface area is 96.9 Å². The zero-order chi connectivity index (χ0) is 12.5. The third-order valence-electron chi connectivity index (χ3n) is 2.69. The molecule has 2 N–H and O–H groups in total. The van der Waals surface area contributed by atoms with Gasteiger partial charge < -0.3 is 10.5 Å². The fraction of sp³-hybridized carbons (Fsp3) is 0.333. The molecule has 1 aliphatic heterocycles. The molecule has 0 radical (unpaired) electrons. The molecule has 0 amide bonds. The third kappa shape index (κ3) is 2.61. The highest BCUT2D eigenvalue weighted by molar-refractivity contribution is 5.76. The number of ether oxygens (including phenoxy) is 1. The Hall–Kier alpha value is -1.49. The number of benzene rings is 1. The summed E-state index contributed by atoms with van der Waals surface area (Å²) in [5, 5.41) is 0. The van der Waals surface area contributed by atoms with Crippen molar-refractivity contribution in [1.29, 1.82) is 0 Å². The molecule has 0 spiro atoms. The zero-order valence-electron chi connectivity index (χ0n) is 9.05. The van der Waals surface area contributed by atoms with Crippen molar-refractivity contribution in [1.82, 2.24) is 0 Å². The van der Waals surface area contributed by atoms with Crippen LogP contribution in [-0.2, 0) is 10.9 Å². The van der Waals surface area contributed by atoms with E-state index in [1.54, 1.807) is 6.08 Å². The highest BCUT2D eigenvalue weighted by Crippen LogP contribution is 2.34. The van der Waals surface area contributed by atoms with Crippen LogP contribution in [0.5, 0.6) is 0 Å². The summed E-state index contributed by atoms with van der Waals surface area (Å²) >= 11 is 0. The van der Waals surface area contributed by atoms with Crippen molar-refractivity contribution < 1.29 is 17.9 Å². The van der Waals surface area contributed by atoms with Crippen LogP contribution in [0.2, 0.25) is 0 Å². The van der Waals surface area contributed by atoms with Crippen molar-refractivity contribution in [2.45, 2.75) is 12.6 Å². The number of hydrogen-bond donors (Lipinski definition) is 1. The van der Waals surface area contributed by atoms with Crippen LogP contribution in [0.15, 0.2) is 24.3 Å². The lowest BCUT2D eigenvalue weighted by Crippen LogP contribution is -2.09. The van der Waals surface area contributed by atoms with Crippen LogP contribution in [0.4, 0.5) is 18.9 Å². The summed E-state index contributed by atoms with van der Waals surface area (Å²) < 4.78 is 42.9. The zero-order valence-corrected chi connectivity index (χ0v) is 9.05. The van der Waals surface area contributed by atoms with Crippen molar-refractivity contribution in [3.63, 3.8) is 0 Å². The van der Waals surface area contributed by atoms with Gasteiger partial charge in [-0.3, -0.25) is 0 Å². The van der Waals surface area contributed by atoms with Gasteiger partial charge in [0.05, 0.1) is 18.8 Å². The van der Waals surface area contributed by atoms with Gasteiger partial charge in [-0.2, -0.15) is 13.2 Å². The first-order valence-corrected chi connectivity index (χ1v) is 5.22. The Morgan fingerprint density at radius 2 is 2.00 bits per heavy atom.